The first-order chi connectivity index (χ1) is 10.4. The fourth-order valence-electron chi connectivity index (χ4n) is 2.54. The number of nitrogens with zero attached hydrogens (tertiary/aromatic N) is 2. The molecule has 1 aromatic carbocycles. The van der Waals surface area contributed by atoms with Crippen molar-refractivity contribution in [2.75, 3.05) is 6.26 Å². The van der Waals surface area contributed by atoms with Gasteiger partial charge in [-0.2, -0.15) is 5.10 Å². The van der Waals surface area contributed by atoms with Gasteiger partial charge >= 0.3 is 0 Å². The molecule has 0 bridgehead atoms. The monoisotopic (exact) mass is 332 g/mol. The van der Waals surface area contributed by atoms with Gasteiger partial charge in [0.25, 0.3) is 0 Å². The first kappa shape index (κ1) is 15.1. The highest BCUT2D eigenvalue weighted by molar-refractivity contribution is 7.99. The molecule has 0 radical (unpaired) electrons. The van der Waals surface area contributed by atoms with E-state index in [4.69, 9.17) is 0 Å². The van der Waals surface area contributed by atoms with E-state index >= 15 is 0 Å². The highest BCUT2D eigenvalue weighted by Crippen LogP contribution is 2.33. The zero-order valence-corrected chi connectivity index (χ0v) is 14.2. The summed E-state index contributed by atoms with van der Waals surface area (Å²) < 4.78 is 27.8. The van der Waals surface area contributed by atoms with Gasteiger partial charge in [0.2, 0.25) is 9.84 Å². The SMILES string of the molecule is CSc1nn2c(C)cc(C)cc2c1S(=O)(=O)c1ccccc1. The van der Waals surface area contributed by atoms with E-state index in [0.29, 0.717) is 15.4 Å². The van der Waals surface area contributed by atoms with Crippen molar-refractivity contribution in [3.63, 3.8) is 0 Å². The Morgan fingerprint density at radius 1 is 1.09 bits per heavy atom. The molecule has 4 nitrogen and oxygen atoms in total. The van der Waals surface area contributed by atoms with Crippen LogP contribution in [0.15, 0.2) is 57.3 Å². The number of hydrogen-bond acceptors (Lipinski definition) is 4. The van der Waals surface area contributed by atoms with E-state index in [-0.39, 0.29) is 4.90 Å². The number of pyridine rings is 1. The summed E-state index contributed by atoms with van der Waals surface area (Å²) in [5.74, 6) is 0. The number of sulfone groups is 1. The Balaban J connectivity index is 2.40. The van der Waals surface area contributed by atoms with Crippen molar-refractivity contribution in [3.8, 4) is 0 Å². The smallest absolute Gasteiger partial charge is 0.211 e. The van der Waals surface area contributed by atoms with Gasteiger partial charge in [-0.1, -0.05) is 18.2 Å². The van der Waals surface area contributed by atoms with Gasteiger partial charge < -0.3 is 0 Å². The summed E-state index contributed by atoms with van der Waals surface area (Å²) in [7, 11) is -3.60. The van der Waals surface area contributed by atoms with Crippen LogP contribution >= 0.6 is 11.8 Å². The van der Waals surface area contributed by atoms with Crippen LogP contribution in [-0.2, 0) is 9.84 Å². The molecule has 0 spiro atoms. The van der Waals surface area contributed by atoms with Crippen molar-refractivity contribution in [3.05, 3.63) is 53.7 Å². The molecule has 0 aliphatic heterocycles. The summed E-state index contributed by atoms with van der Waals surface area (Å²) in [5, 5.41) is 4.99. The normalized spacial score (nSPS) is 12.0. The third-order valence-electron chi connectivity index (χ3n) is 3.50. The largest absolute Gasteiger partial charge is 0.236 e. The minimum absolute atomic E-state index is 0.290. The van der Waals surface area contributed by atoms with Gasteiger partial charge in [-0.25, -0.2) is 12.9 Å². The Labute approximate surface area is 134 Å². The van der Waals surface area contributed by atoms with E-state index < -0.39 is 9.84 Å². The lowest BCUT2D eigenvalue weighted by atomic mass is 10.2. The summed E-state index contributed by atoms with van der Waals surface area (Å²) in [6, 6.07) is 12.4. The Morgan fingerprint density at radius 2 is 1.77 bits per heavy atom. The molecule has 0 atom stereocenters. The molecule has 3 aromatic rings. The summed E-state index contributed by atoms with van der Waals surface area (Å²) >= 11 is 1.35. The molecule has 0 aliphatic carbocycles. The van der Waals surface area contributed by atoms with E-state index in [1.807, 2.05) is 32.2 Å². The number of aryl methyl sites for hydroxylation is 2. The van der Waals surface area contributed by atoms with E-state index in [1.165, 1.54) is 11.8 Å². The summed E-state index contributed by atoms with van der Waals surface area (Å²) in [5.41, 5.74) is 2.56. The van der Waals surface area contributed by atoms with Crippen LogP contribution in [0.2, 0.25) is 0 Å². The zero-order valence-electron chi connectivity index (χ0n) is 12.6. The molecule has 0 unspecified atom stereocenters. The van der Waals surface area contributed by atoms with Gasteiger partial charge in [-0.05, 0) is 49.9 Å². The lowest BCUT2D eigenvalue weighted by Gasteiger charge is -2.06. The predicted molar refractivity (Wildman–Crippen MR) is 88.3 cm³/mol. The molecular formula is C16H16N2O2S2. The maximum Gasteiger partial charge on any atom is 0.211 e. The first-order valence-electron chi connectivity index (χ1n) is 6.79. The van der Waals surface area contributed by atoms with E-state index in [2.05, 4.69) is 5.10 Å². The molecule has 0 aliphatic rings. The number of thioether (sulfide) groups is 1. The Hall–Kier alpha value is -1.79. The minimum Gasteiger partial charge on any atom is -0.236 e. The van der Waals surface area contributed by atoms with Crippen LogP contribution < -0.4 is 0 Å². The van der Waals surface area contributed by atoms with Crippen LogP contribution in [0.1, 0.15) is 11.3 Å². The molecule has 2 aromatic heterocycles. The van der Waals surface area contributed by atoms with Gasteiger partial charge in [0.15, 0.2) is 0 Å². The molecule has 3 rings (SSSR count). The first-order valence-corrected chi connectivity index (χ1v) is 9.50. The third kappa shape index (κ3) is 2.32. The average molecular weight is 332 g/mol. The molecule has 0 N–H and O–H groups in total. The Bertz CT molecular complexity index is 945. The second kappa shape index (κ2) is 5.44. The van der Waals surface area contributed by atoms with Crippen LogP contribution in [-0.4, -0.2) is 24.3 Å². The summed E-state index contributed by atoms with van der Waals surface area (Å²) in [4.78, 5) is 0.581. The fraction of sp³-hybridized carbons (Fsp3) is 0.188. The van der Waals surface area contributed by atoms with Crippen molar-refractivity contribution in [1.29, 1.82) is 0 Å². The standard InChI is InChI=1S/C16H16N2O2S2/c1-11-9-12(2)18-14(10-11)15(16(17-18)21-3)22(19,20)13-7-5-4-6-8-13/h4-10H,1-3H3. The number of benzene rings is 1. The predicted octanol–water partition coefficient (Wildman–Crippen LogP) is 3.51. The lowest BCUT2D eigenvalue weighted by molar-refractivity contribution is 0.595. The van der Waals surface area contributed by atoms with Crippen molar-refractivity contribution < 1.29 is 8.42 Å². The molecule has 0 fully saturated rings. The maximum absolute atomic E-state index is 13.0. The van der Waals surface area contributed by atoms with Crippen molar-refractivity contribution in [2.24, 2.45) is 0 Å². The minimum atomic E-state index is -3.60. The van der Waals surface area contributed by atoms with Crippen LogP contribution in [0.25, 0.3) is 5.52 Å². The molecule has 2 heterocycles. The average Bonchev–Trinajstić information content (AvgIpc) is 2.87. The number of fused-ring (bicyclic) bond motifs is 1. The second-order valence-corrected chi connectivity index (χ2v) is 7.81. The Morgan fingerprint density at radius 3 is 2.41 bits per heavy atom. The molecule has 0 saturated carbocycles. The molecule has 22 heavy (non-hydrogen) atoms. The quantitative estimate of drug-likeness (QED) is 0.689. The van der Waals surface area contributed by atoms with E-state index in [9.17, 15) is 8.42 Å². The van der Waals surface area contributed by atoms with Crippen LogP contribution in [0.5, 0.6) is 0 Å². The van der Waals surface area contributed by atoms with E-state index in [0.717, 1.165) is 11.3 Å². The zero-order chi connectivity index (χ0) is 15.9. The lowest BCUT2D eigenvalue weighted by Crippen LogP contribution is -2.03. The van der Waals surface area contributed by atoms with Crippen molar-refractivity contribution in [2.45, 2.75) is 28.7 Å². The summed E-state index contributed by atoms with van der Waals surface area (Å²) in [6.45, 7) is 3.88. The Kier molecular flexibility index (Phi) is 3.74. The van der Waals surface area contributed by atoms with Crippen LogP contribution in [0, 0.1) is 13.8 Å². The second-order valence-electron chi connectivity index (χ2n) is 5.13. The van der Waals surface area contributed by atoms with Crippen LogP contribution in [0.4, 0.5) is 0 Å². The van der Waals surface area contributed by atoms with Gasteiger partial charge in [0, 0.05) is 5.69 Å². The molecule has 0 saturated heterocycles. The fourth-order valence-corrected chi connectivity index (χ4v) is 5.02. The molecule has 0 amide bonds. The van der Waals surface area contributed by atoms with Crippen LogP contribution in [0.3, 0.4) is 0 Å². The molecular weight excluding hydrogens is 316 g/mol. The highest BCUT2D eigenvalue weighted by Gasteiger charge is 2.27. The maximum atomic E-state index is 13.0. The molecule has 114 valence electrons. The highest BCUT2D eigenvalue weighted by atomic mass is 32.2. The van der Waals surface area contributed by atoms with Gasteiger partial charge in [-0.15, -0.1) is 11.8 Å². The van der Waals surface area contributed by atoms with Gasteiger partial charge in [0.1, 0.15) is 9.92 Å². The van der Waals surface area contributed by atoms with Gasteiger partial charge in [0.05, 0.1) is 10.4 Å². The molecule has 6 heteroatoms. The number of aromatic nitrogens is 2. The number of hydrogen-bond donors (Lipinski definition) is 0. The van der Waals surface area contributed by atoms with Gasteiger partial charge in [-0.3, -0.25) is 0 Å². The summed E-state index contributed by atoms with van der Waals surface area (Å²) in [6.07, 6.45) is 1.84. The topological polar surface area (TPSA) is 51.4 Å². The van der Waals surface area contributed by atoms with E-state index in [1.54, 1.807) is 34.8 Å². The third-order valence-corrected chi connectivity index (χ3v) is 6.13. The number of rotatable bonds is 3. The van der Waals surface area contributed by atoms with Crippen molar-refractivity contribution >= 4 is 27.1 Å². The van der Waals surface area contributed by atoms with Crippen molar-refractivity contribution in [1.82, 2.24) is 9.61 Å².